The van der Waals surface area contributed by atoms with Gasteiger partial charge in [0.25, 0.3) is 0 Å². The van der Waals surface area contributed by atoms with Gasteiger partial charge in [0.1, 0.15) is 0 Å². The summed E-state index contributed by atoms with van der Waals surface area (Å²) in [5, 5.41) is 0. The van der Waals surface area contributed by atoms with Gasteiger partial charge in [0.15, 0.2) is 0 Å². The molecule has 0 aliphatic rings. The van der Waals surface area contributed by atoms with Gasteiger partial charge in [-0.1, -0.05) is 6.07 Å². The second kappa shape index (κ2) is 4.27. The summed E-state index contributed by atoms with van der Waals surface area (Å²) >= 11 is 0. The van der Waals surface area contributed by atoms with Crippen LogP contribution >= 0.6 is 0 Å². The lowest BCUT2D eigenvalue weighted by Gasteiger charge is -2.17. The lowest BCUT2D eigenvalue weighted by molar-refractivity contribution is 0.0783. The molecule has 0 atom stereocenters. The van der Waals surface area contributed by atoms with Crippen molar-refractivity contribution in [1.29, 1.82) is 0 Å². The van der Waals surface area contributed by atoms with E-state index in [1.165, 1.54) is 5.56 Å². The van der Waals surface area contributed by atoms with Gasteiger partial charge in [0, 0.05) is 6.20 Å². The summed E-state index contributed by atoms with van der Waals surface area (Å²) in [6.45, 7) is 8.06. The first-order valence-electron chi connectivity index (χ1n) is 4.74. The molecule has 0 N–H and O–H groups in total. The third-order valence-corrected chi connectivity index (χ3v) is 1.59. The number of nitrogens with zero attached hydrogens (tertiary/aromatic N) is 1. The summed E-state index contributed by atoms with van der Waals surface area (Å²) in [4.78, 5) is 4.23. The Morgan fingerprint density at radius 3 is 2.50 bits per heavy atom. The van der Waals surface area contributed by atoms with E-state index >= 15 is 0 Å². The average molecular weight is 191 g/mol. The minimum Gasteiger partial charge on any atom is -0.496 e. The van der Waals surface area contributed by atoms with Gasteiger partial charge in [-0.3, -0.25) is 4.98 Å². The number of aromatic nitrogens is 1. The van der Waals surface area contributed by atoms with E-state index in [-0.39, 0.29) is 5.60 Å². The molecule has 0 aromatic carbocycles. The van der Waals surface area contributed by atoms with Crippen molar-refractivity contribution in [2.45, 2.75) is 33.3 Å². The molecule has 2 heteroatoms. The van der Waals surface area contributed by atoms with Crippen molar-refractivity contribution in [3.63, 3.8) is 0 Å². The fraction of sp³-hybridized carbons (Fsp3) is 0.417. The maximum absolute atomic E-state index is 5.44. The van der Waals surface area contributed by atoms with E-state index in [9.17, 15) is 0 Å². The van der Waals surface area contributed by atoms with Crippen LogP contribution in [0.3, 0.4) is 0 Å². The largest absolute Gasteiger partial charge is 0.496 e. The number of rotatable bonds is 2. The molecule has 1 heterocycles. The lowest BCUT2D eigenvalue weighted by atomic mass is 10.2. The molecule has 1 aromatic rings. The van der Waals surface area contributed by atoms with Gasteiger partial charge in [-0.15, -0.1) is 0 Å². The molecular formula is C12H17NO. The second-order valence-corrected chi connectivity index (χ2v) is 4.29. The van der Waals surface area contributed by atoms with Crippen LogP contribution in [-0.4, -0.2) is 10.6 Å². The normalized spacial score (nSPS) is 12.0. The van der Waals surface area contributed by atoms with Crippen molar-refractivity contribution in [3.8, 4) is 0 Å². The van der Waals surface area contributed by atoms with Crippen molar-refractivity contribution in [1.82, 2.24) is 4.98 Å². The van der Waals surface area contributed by atoms with Crippen LogP contribution in [0.1, 0.15) is 32.0 Å². The number of aryl methyl sites for hydroxylation is 1. The first-order valence-corrected chi connectivity index (χ1v) is 4.74. The summed E-state index contributed by atoms with van der Waals surface area (Å²) in [6.07, 6.45) is 5.40. The first kappa shape index (κ1) is 10.8. The zero-order valence-corrected chi connectivity index (χ0v) is 9.24. The van der Waals surface area contributed by atoms with Gasteiger partial charge >= 0.3 is 0 Å². The molecule has 0 unspecified atom stereocenters. The predicted octanol–water partition coefficient (Wildman–Crippen LogP) is 3.18. The van der Waals surface area contributed by atoms with Gasteiger partial charge in [0.2, 0.25) is 0 Å². The highest BCUT2D eigenvalue weighted by Crippen LogP contribution is 2.08. The van der Waals surface area contributed by atoms with E-state index in [0.717, 1.165) is 5.69 Å². The van der Waals surface area contributed by atoms with E-state index in [1.807, 2.05) is 52.1 Å². The van der Waals surface area contributed by atoms with E-state index in [1.54, 1.807) is 6.26 Å². The molecule has 14 heavy (non-hydrogen) atoms. The van der Waals surface area contributed by atoms with Gasteiger partial charge in [-0.05, 0) is 45.4 Å². The topological polar surface area (TPSA) is 22.1 Å². The zero-order valence-electron chi connectivity index (χ0n) is 9.24. The van der Waals surface area contributed by atoms with E-state index < -0.39 is 0 Å². The van der Waals surface area contributed by atoms with Crippen LogP contribution in [0.4, 0.5) is 0 Å². The van der Waals surface area contributed by atoms with Gasteiger partial charge in [0.05, 0.1) is 17.6 Å². The van der Waals surface area contributed by atoms with Crippen molar-refractivity contribution in [2.24, 2.45) is 0 Å². The molecule has 0 aliphatic heterocycles. The standard InChI is InChI=1S/C12H17NO/c1-10-5-6-11(13-9-10)7-8-14-12(2,3)4/h5-9H,1-4H3. The van der Waals surface area contributed by atoms with Crippen LogP contribution in [0.15, 0.2) is 24.6 Å². The summed E-state index contributed by atoms with van der Waals surface area (Å²) in [7, 11) is 0. The number of ether oxygens (including phenoxy) is 1. The fourth-order valence-corrected chi connectivity index (χ4v) is 0.886. The molecule has 0 amide bonds. The minimum atomic E-state index is -0.138. The van der Waals surface area contributed by atoms with Crippen LogP contribution in [0.5, 0.6) is 0 Å². The Hall–Kier alpha value is -1.31. The quantitative estimate of drug-likeness (QED) is 0.670. The van der Waals surface area contributed by atoms with Gasteiger partial charge < -0.3 is 4.74 Å². The molecule has 1 aromatic heterocycles. The van der Waals surface area contributed by atoms with Crippen LogP contribution in [-0.2, 0) is 4.74 Å². The number of pyridine rings is 1. The summed E-state index contributed by atoms with van der Waals surface area (Å²) in [5.74, 6) is 0. The highest BCUT2D eigenvalue weighted by Gasteiger charge is 2.06. The highest BCUT2D eigenvalue weighted by atomic mass is 16.5. The first-order chi connectivity index (χ1) is 6.47. The molecule has 0 bridgehead atoms. The minimum absolute atomic E-state index is 0.138. The Balaban J connectivity index is 2.57. The van der Waals surface area contributed by atoms with Crippen molar-refractivity contribution in [2.75, 3.05) is 0 Å². The number of hydrogen-bond donors (Lipinski definition) is 0. The summed E-state index contributed by atoms with van der Waals surface area (Å²) in [5.41, 5.74) is 1.94. The van der Waals surface area contributed by atoms with Gasteiger partial charge in [-0.2, -0.15) is 0 Å². The molecular weight excluding hydrogens is 174 g/mol. The Kier molecular flexibility index (Phi) is 3.28. The lowest BCUT2D eigenvalue weighted by Crippen LogP contribution is -2.15. The Morgan fingerprint density at radius 1 is 1.29 bits per heavy atom. The predicted molar refractivity (Wildman–Crippen MR) is 58.8 cm³/mol. The molecule has 0 radical (unpaired) electrons. The van der Waals surface area contributed by atoms with E-state index in [2.05, 4.69) is 4.98 Å². The third kappa shape index (κ3) is 4.08. The summed E-state index contributed by atoms with van der Waals surface area (Å²) in [6, 6.07) is 4.00. The molecule has 2 nitrogen and oxygen atoms in total. The Morgan fingerprint density at radius 2 is 2.00 bits per heavy atom. The average Bonchev–Trinajstić information content (AvgIpc) is 2.06. The Labute approximate surface area is 85.6 Å². The van der Waals surface area contributed by atoms with Crippen molar-refractivity contribution >= 4 is 6.08 Å². The zero-order chi connectivity index (χ0) is 10.6. The molecule has 0 saturated carbocycles. The van der Waals surface area contributed by atoms with Crippen LogP contribution < -0.4 is 0 Å². The summed E-state index contributed by atoms with van der Waals surface area (Å²) < 4.78 is 5.44. The molecule has 0 aliphatic carbocycles. The van der Waals surface area contributed by atoms with Crippen molar-refractivity contribution in [3.05, 3.63) is 35.8 Å². The highest BCUT2D eigenvalue weighted by molar-refractivity contribution is 5.43. The van der Waals surface area contributed by atoms with Gasteiger partial charge in [-0.25, -0.2) is 0 Å². The fourth-order valence-electron chi connectivity index (χ4n) is 0.886. The van der Waals surface area contributed by atoms with Crippen LogP contribution in [0, 0.1) is 6.92 Å². The van der Waals surface area contributed by atoms with E-state index in [0.29, 0.717) is 0 Å². The third-order valence-electron chi connectivity index (χ3n) is 1.59. The molecule has 1 rings (SSSR count). The maximum atomic E-state index is 5.44. The number of hydrogen-bond acceptors (Lipinski definition) is 2. The van der Waals surface area contributed by atoms with Crippen molar-refractivity contribution < 1.29 is 4.74 Å². The molecule has 0 spiro atoms. The monoisotopic (exact) mass is 191 g/mol. The smallest absolute Gasteiger partial charge is 0.0998 e. The Bertz CT molecular complexity index is 306. The van der Waals surface area contributed by atoms with E-state index in [4.69, 9.17) is 4.74 Å². The SMILES string of the molecule is Cc1ccc(C=COC(C)(C)C)nc1. The second-order valence-electron chi connectivity index (χ2n) is 4.29. The molecule has 0 fully saturated rings. The molecule has 0 saturated heterocycles. The molecule has 76 valence electrons. The van der Waals surface area contributed by atoms with Crippen LogP contribution in [0.2, 0.25) is 0 Å². The van der Waals surface area contributed by atoms with Crippen LogP contribution in [0.25, 0.3) is 6.08 Å². The maximum Gasteiger partial charge on any atom is 0.0998 e.